The molecule has 0 saturated heterocycles. The number of nitrogens with one attached hydrogen (secondary N) is 1. The minimum atomic E-state index is -4.15. The summed E-state index contributed by atoms with van der Waals surface area (Å²) in [4.78, 5) is 9.95. The van der Waals surface area contributed by atoms with Crippen LogP contribution in [-0.4, -0.2) is 32.1 Å². The lowest BCUT2D eigenvalue weighted by Gasteiger charge is -2.09. The highest BCUT2D eigenvalue weighted by Crippen LogP contribution is 2.13. The van der Waals surface area contributed by atoms with Gasteiger partial charge in [-0.25, -0.2) is 21.9 Å². The molecule has 0 aliphatic carbocycles. The first-order chi connectivity index (χ1) is 8.24. The smallest absolute Gasteiger partial charge is 0.247 e. The summed E-state index contributed by atoms with van der Waals surface area (Å²) in [6, 6.07) is 1.97. The second-order valence-electron chi connectivity index (χ2n) is 3.35. The van der Waals surface area contributed by atoms with Gasteiger partial charge in [-0.3, -0.25) is 4.79 Å². The van der Waals surface area contributed by atoms with Crippen molar-refractivity contribution in [3.8, 4) is 0 Å². The van der Waals surface area contributed by atoms with Gasteiger partial charge in [-0.15, -0.1) is 0 Å². The van der Waals surface area contributed by atoms with Crippen LogP contribution in [0.2, 0.25) is 0 Å². The number of carbonyl (C=O) groups is 1. The lowest BCUT2D eigenvalue weighted by atomic mass is 10.3. The molecule has 0 saturated carbocycles. The molecule has 0 fully saturated rings. The molecule has 0 radical (unpaired) electrons. The van der Waals surface area contributed by atoms with Gasteiger partial charge in [0.05, 0.1) is 4.90 Å². The zero-order chi connectivity index (χ0) is 13.9. The predicted octanol–water partition coefficient (Wildman–Crippen LogP) is -0.911. The number of benzene rings is 1. The second kappa shape index (κ2) is 5.38. The van der Waals surface area contributed by atoms with Crippen LogP contribution in [0.1, 0.15) is 0 Å². The van der Waals surface area contributed by atoms with E-state index in [1.54, 1.807) is 0 Å². The summed E-state index contributed by atoms with van der Waals surface area (Å²) in [6.45, 7) is -0.656. The normalized spacial score (nSPS) is 13.3. The minimum absolute atomic E-state index is 0.480. The van der Waals surface area contributed by atoms with Gasteiger partial charge in [0, 0.05) is 6.54 Å². The van der Waals surface area contributed by atoms with Crippen molar-refractivity contribution in [1.29, 1.82) is 0 Å². The zero-order valence-corrected chi connectivity index (χ0v) is 9.75. The van der Waals surface area contributed by atoms with Crippen LogP contribution in [0.5, 0.6) is 0 Å². The molecule has 1 amide bonds. The van der Waals surface area contributed by atoms with E-state index in [0.29, 0.717) is 12.1 Å². The summed E-state index contributed by atoms with van der Waals surface area (Å²) >= 11 is 0. The molecule has 18 heavy (non-hydrogen) atoms. The van der Waals surface area contributed by atoms with Gasteiger partial charge in [0.15, 0.2) is 11.6 Å². The highest BCUT2D eigenvalue weighted by atomic mass is 32.2. The van der Waals surface area contributed by atoms with E-state index in [-0.39, 0.29) is 0 Å². The number of halogens is 2. The summed E-state index contributed by atoms with van der Waals surface area (Å²) in [5, 5.41) is 9.00. The Labute approximate surface area is 101 Å². The Morgan fingerprint density at radius 2 is 2.00 bits per heavy atom. The van der Waals surface area contributed by atoms with Crippen molar-refractivity contribution in [2.75, 3.05) is 6.54 Å². The van der Waals surface area contributed by atoms with Crippen molar-refractivity contribution in [2.45, 2.75) is 11.0 Å². The summed E-state index contributed by atoms with van der Waals surface area (Å²) in [6.07, 6.45) is -1.70. The lowest BCUT2D eigenvalue weighted by molar-refractivity contribution is -0.125. The summed E-state index contributed by atoms with van der Waals surface area (Å²) in [5.74, 6) is -3.62. The number of sulfonamides is 1. The number of aliphatic hydroxyl groups is 1. The van der Waals surface area contributed by atoms with Crippen molar-refractivity contribution in [2.24, 2.45) is 5.73 Å². The SMILES string of the molecule is NC(=O)C(O)CNS(=O)(=O)c1ccc(F)c(F)c1. The average Bonchev–Trinajstić information content (AvgIpc) is 2.29. The number of hydrogen-bond donors (Lipinski definition) is 3. The highest BCUT2D eigenvalue weighted by molar-refractivity contribution is 7.89. The van der Waals surface area contributed by atoms with E-state index in [1.165, 1.54) is 0 Å². The van der Waals surface area contributed by atoms with Crippen LogP contribution >= 0.6 is 0 Å². The maximum atomic E-state index is 12.8. The van der Waals surface area contributed by atoms with Crippen LogP contribution in [-0.2, 0) is 14.8 Å². The molecule has 0 aliphatic rings. The molecule has 0 bridgehead atoms. The van der Waals surface area contributed by atoms with E-state index < -0.39 is 45.1 Å². The maximum Gasteiger partial charge on any atom is 0.247 e. The van der Waals surface area contributed by atoms with Gasteiger partial charge in [0.1, 0.15) is 6.10 Å². The van der Waals surface area contributed by atoms with Crippen LogP contribution in [0.4, 0.5) is 8.78 Å². The van der Waals surface area contributed by atoms with Crippen molar-refractivity contribution < 1.29 is 27.1 Å². The monoisotopic (exact) mass is 280 g/mol. The molecule has 100 valence electrons. The molecule has 1 aromatic carbocycles. The Balaban J connectivity index is 2.87. The van der Waals surface area contributed by atoms with E-state index in [4.69, 9.17) is 10.8 Å². The summed E-state index contributed by atoms with van der Waals surface area (Å²) < 4.78 is 50.4. The Hall–Kier alpha value is -1.58. The Morgan fingerprint density at radius 3 is 2.50 bits per heavy atom. The second-order valence-corrected chi connectivity index (χ2v) is 5.11. The number of carbonyl (C=O) groups excluding carboxylic acids is 1. The van der Waals surface area contributed by atoms with E-state index in [1.807, 2.05) is 4.72 Å². The van der Waals surface area contributed by atoms with E-state index in [9.17, 15) is 22.0 Å². The molecular weight excluding hydrogens is 270 g/mol. The number of rotatable bonds is 5. The van der Waals surface area contributed by atoms with Crippen molar-refractivity contribution in [3.63, 3.8) is 0 Å². The standard InChI is InChI=1S/C9H10F2N2O4S/c10-6-2-1-5(3-7(6)11)18(16,17)13-4-8(14)9(12)15/h1-3,8,13-14H,4H2,(H2,12,15). The molecule has 0 aliphatic heterocycles. The zero-order valence-electron chi connectivity index (χ0n) is 8.93. The Morgan fingerprint density at radius 1 is 1.39 bits per heavy atom. The first-order valence-electron chi connectivity index (χ1n) is 4.66. The fourth-order valence-electron chi connectivity index (χ4n) is 1.02. The van der Waals surface area contributed by atoms with Crippen LogP contribution in [0, 0.1) is 11.6 Å². The third-order valence-corrected chi connectivity index (χ3v) is 3.42. The van der Waals surface area contributed by atoms with Gasteiger partial charge in [-0.2, -0.15) is 0 Å². The van der Waals surface area contributed by atoms with Crippen LogP contribution in [0.25, 0.3) is 0 Å². The maximum absolute atomic E-state index is 12.8. The summed E-state index contributed by atoms with van der Waals surface area (Å²) in [7, 11) is -4.15. The molecule has 6 nitrogen and oxygen atoms in total. The van der Waals surface area contributed by atoms with Gasteiger partial charge in [0.2, 0.25) is 15.9 Å². The molecule has 1 unspecified atom stereocenters. The number of amides is 1. The molecule has 1 aromatic rings. The van der Waals surface area contributed by atoms with E-state index in [2.05, 4.69) is 0 Å². The number of primary amides is 1. The fraction of sp³-hybridized carbons (Fsp3) is 0.222. The van der Waals surface area contributed by atoms with Crippen molar-refractivity contribution >= 4 is 15.9 Å². The number of hydrogen-bond acceptors (Lipinski definition) is 4. The van der Waals surface area contributed by atoms with Crippen molar-refractivity contribution in [3.05, 3.63) is 29.8 Å². The quantitative estimate of drug-likeness (QED) is 0.648. The minimum Gasteiger partial charge on any atom is -0.382 e. The first-order valence-corrected chi connectivity index (χ1v) is 6.14. The molecule has 0 aromatic heterocycles. The predicted molar refractivity (Wildman–Crippen MR) is 56.7 cm³/mol. The third-order valence-electron chi connectivity index (χ3n) is 2.00. The van der Waals surface area contributed by atoms with Crippen LogP contribution in [0.3, 0.4) is 0 Å². The van der Waals surface area contributed by atoms with Gasteiger partial charge in [-0.1, -0.05) is 0 Å². The molecule has 0 heterocycles. The van der Waals surface area contributed by atoms with E-state index in [0.717, 1.165) is 6.07 Å². The van der Waals surface area contributed by atoms with Crippen LogP contribution in [0.15, 0.2) is 23.1 Å². The highest BCUT2D eigenvalue weighted by Gasteiger charge is 2.19. The number of nitrogens with two attached hydrogens (primary N) is 1. The molecule has 9 heteroatoms. The van der Waals surface area contributed by atoms with Gasteiger partial charge >= 0.3 is 0 Å². The Kier molecular flexibility index (Phi) is 4.33. The Bertz CT molecular complexity index is 562. The number of aliphatic hydroxyl groups excluding tert-OH is 1. The van der Waals surface area contributed by atoms with Gasteiger partial charge < -0.3 is 10.8 Å². The first kappa shape index (κ1) is 14.5. The molecular formula is C9H10F2N2O4S. The van der Waals surface area contributed by atoms with Crippen LogP contribution < -0.4 is 10.5 Å². The van der Waals surface area contributed by atoms with Gasteiger partial charge in [-0.05, 0) is 18.2 Å². The molecule has 0 spiro atoms. The van der Waals surface area contributed by atoms with E-state index >= 15 is 0 Å². The van der Waals surface area contributed by atoms with Crippen molar-refractivity contribution in [1.82, 2.24) is 4.72 Å². The topological polar surface area (TPSA) is 109 Å². The molecule has 1 atom stereocenters. The molecule has 1 rings (SSSR count). The lowest BCUT2D eigenvalue weighted by Crippen LogP contribution is -2.39. The van der Waals surface area contributed by atoms with Gasteiger partial charge in [0.25, 0.3) is 0 Å². The fourth-order valence-corrected chi connectivity index (χ4v) is 2.07. The summed E-state index contributed by atoms with van der Waals surface area (Å²) in [5.41, 5.74) is 4.71. The average molecular weight is 280 g/mol. The largest absolute Gasteiger partial charge is 0.382 e. The third kappa shape index (κ3) is 3.45. The molecule has 4 N–H and O–H groups in total.